The number of nitrogens with two attached hydrogens (primary N) is 1. The highest BCUT2D eigenvalue weighted by atomic mass is 16.5. The maximum Gasteiger partial charge on any atom is 0.324 e. The number of benzene rings is 1. The second-order valence-electron chi connectivity index (χ2n) is 6.87. The van der Waals surface area contributed by atoms with E-state index in [9.17, 15) is 4.79 Å². The van der Waals surface area contributed by atoms with Gasteiger partial charge >= 0.3 is 6.03 Å². The number of amides is 2. The van der Waals surface area contributed by atoms with Crippen molar-refractivity contribution in [1.29, 1.82) is 0 Å². The summed E-state index contributed by atoms with van der Waals surface area (Å²) in [6, 6.07) is 8.83. The molecule has 2 aliphatic heterocycles. The van der Waals surface area contributed by atoms with E-state index < -0.39 is 0 Å². The molecule has 0 unspecified atom stereocenters. The highest BCUT2D eigenvalue weighted by Gasteiger charge is 2.46. The number of nitrogens with zero attached hydrogens (tertiary/aromatic N) is 2. The first-order valence-corrected chi connectivity index (χ1v) is 8.08. The molecule has 5 heteroatoms. The standard InChI is InChI=1S/C17H23N3O2/c1-22-11-17(7-8-17)12-2-4-13(5-3-12)20-10-15-14(18)6-9-19(15)16(20)21/h2-5,14-15H,6-11,18H2,1H3/t14-,15-/m1/s1. The van der Waals surface area contributed by atoms with E-state index in [4.69, 9.17) is 10.5 Å². The summed E-state index contributed by atoms with van der Waals surface area (Å²) in [7, 11) is 1.76. The molecule has 0 bridgehead atoms. The largest absolute Gasteiger partial charge is 0.384 e. The molecule has 22 heavy (non-hydrogen) atoms. The molecule has 118 valence electrons. The summed E-state index contributed by atoms with van der Waals surface area (Å²) in [6.07, 6.45) is 3.30. The van der Waals surface area contributed by atoms with Crippen molar-refractivity contribution in [1.82, 2.24) is 4.90 Å². The minimum Gasteiger partial charge on any atom is -0.384 e. The Labute approximate surface area is 131 Å². The maximum absolute atomic E-state index is 12.5. The third kappa shape index (κ3) is 2.03. The van der Waals surface area contributed by atoms with E-state index in [1.54, 1.807) is 7.11 Å². The van der Waals surface area contributed by atoms with Crippen molar-refractivity contribution >= 4 is 11.7 Å². The van der Waals surface area contributed by atoms with Crippen molar-refractivity contribution in [3.8, 4) is 0 Å². The molecule has 2 atom stereocenters. The predicted octanol–water partition coefficient (Wildman–Crippen LogP) is 1.71. The molecular formula is C17H23N3O2. The van der Waals surface area contributed by atoms with Crippen LogP contribution in [0.4, 0.5) is 10.5 Å². The van der Waals surface area contributed by atoms with Crippen LogP contribution >= 0.6 is 0 Å². The lowest BCUT2D eigenvalue weighted by molar-refractivity contribution is 0.171. The van der Waals surface area contributed by atoms with Gasteiger partial charge < -0.3 is 15.4 Å². The van der Waals surface area contributed by atoms with Crippen LogP contribution in [-0.4, -0.2) is 49.8 Å². The number of hydrogen-bond donors (Lipinski definition) is 1. The molecule has 2 N–H and O–H groups in total. The molecule has 5 nitrogen and oxygen atoms in total. The maximum atomic E-state index is 12.5. The minimum absolute atomic E-state index is 0.101. The normalized spacial score (nSPS) is 29.1. The second-order valence-corrected chi connectivity index (χ2v) is 6.87. The molecule has 1 aromatic carbocycles. The first kappa shape index (κ1) is 14.0. The van der Waals surface area contributed by atoms with Crippen molar-refractivity contribution in [2.75, 3.05) is 31.7 Å². The zero-order chi connectivity index (χ0) is 15.3. The highest BCUT2D eigenvalue weighted by molar-refractivity contribution is 5.95. The number of carbonyl (C=O) groups is 1. The summed E-state index contributed by atoms with van der Waals surface area (Å²) in [5.74, 6) is 0. The van der Waals surface area contributed by atoms with Gasteiger partial charge in [-0.3, -0.25) is 4.90 Å². The lowest BCUT2D eigenvalue weighted by atomic mass is 9.96. The third-order valence-electron chi connectivity index (χ3n) is 5.51. The van der Waals surface area contributed by atoms with E-state index in [1.807, 2.05) is 9.80 Å². The summed E-state index contributed by atoms with van der Waals surface area (Å²) < 4.78 is 5.35. The highest BCUT2D eigenvalue weighted by Crippen LogP contribution is 2.48. The molecule has 2 saturated heterocycles. The third-order valence-corrected chi connectivity index (χ3v) is 5.51. The van der Waals surface area contributed by atoms with Crippen LogP contribution in [0, 0.1) is 0 Å². The van der Waals surface area contributed by atoms with Gasteiger partial charge in [0.25, 0.3) is 0 Å². The van der Waals surface area contributed by atoms with Crippen molar-refractivity contribution in [2.45, 2.75) is 36.8 Å². The summed E-state index contributed by atoms with van der Waals surface area (Å²) in [4.78, 5) is 16.3. The summed E-state index contributed by atoms with van der Waals surface area (Å²) in [5.41, 5.74) is 8.62. The zero-order valence-electron chi connectivity index (χ0n) is 13.0. The van der Waals surface area contributed by atoms with Crippen molar-refractivity contribution in [2.24, 2.45) is 5.73 Å². The Kier molecular flexibility index (Phi) is 3.16. The Hall–Kier alpha value is -1.59. The van der Waals surface area contributed by atoms with E-state index in [-0.39, 0.29) is 23.5 Å². The Morgan fingerprint density at radius 3 is 2.64 bits per heavy atom. The van der Waals surface area contributed by atoms with Gasteiger partial charge in [-0.25, -0.2) is 4.79 Å². The van der Waals surface area contributed by atoms with Crippen LogP contribution in [0.3, 0.4) is 0 Å². The number of fused-ring (bicyclic) bond motifs is 1. The first-order valence-electron chi connectivity index (χ1n) is 8.08. The average molecular weight is 301 g/mol. The molecule has 0 radical (unpaired) electrons. The summed E-state index contributed by atoms with van der Waals surface area (Å²) in [5, 5.41) is 0. The molecule has 3 fully saturated rings. The SMILES string of the molecule is COCC1(c2ccc(N3C[C@@H]4[C@H](N)CCN4C3=O)cc2)CC1. The fourth-order valence-corrected chi connectivity index (χ4v) is 3.92. The number of urea groups is 1. The fourth-order valence-electron chi connectivity index (χ4n) is 3.92. The Balaban J connectivity index is 1.53. The molecule has 0 aromatic heterocycles. The molecule has 4 rings (SSSR count). The van der Waals surface area contributed by atoms with Crippen LogP contribution in [-0.2, 0) is 10.2 Å². The number of hydrogen-bond acceptors (Lipinski definition) is 3. The van der Waals surface area contributed by atoms with Crippen molar-refractivity contribution < 1.29 is 9.53 Å². The average Bonchev–Trinajstić information content (AvgIpc) is 3.11. The molecule has 1 saturated carbocycles. The summed E-state index contributed by atoms with van der Waals surface area (Å²) >= 11 is 0. The van der Waals surface area contributed by atoms with E-state index in [2.05, 4.69) is 24.3 Å². The van der Waals surface area contributed by atoms with Crippen molar-refractivity contribution in [3.63, 3.8) is 0 Å². The molecule has 2 heterocycles. The van der Waals surface area contributed by atoms with Gasteiger partial charge in [-0.2, -0.15) is 0 Å². The van der Waals surface area contributed by atoms with E-state index in [0.717, 1.165) is 25.3 Å². The van der Waals surface area contributed by atoms with Gasteiger partial charge in [0.15, 0.2) is 0 Å². The number of carbonyl (C=O) groups excluding carboxylic acids is 1. The van der Waals surface area contributed by atoms with Crippen LogP contribution < -0.4 is 10.6 Å². The Morgan fingerprint density at radius 1 is 1.32 bits per heavy atom. The number of anilines is 1. The topological polar surface area (TPSA) is 58.8 Å². The van der Waals surface area contributed by atoms with Gasteiger partial charge in [-0.15, -0.1) is 0 Å². The monoisotopic (exact) mass is 301 g/mol. The molecule has 1 aromatic rings. The number of ether oxygens (including phenoxy) is 1. The van der Waals surface area contributed by atoms with Gasteiger partial charge in [-0.05, 0) is 37.0 Å². The quantitative estimate of drug-likeness (QED) is 0.921. The first-order chi connectivity index (χ1) is 10.6. The molecule has 2 amide bonds. The summed E-state index contributed by atoms with van der Waals surface area (Å²) in [6.45, 7) is 2.28. The van der Waals surface area contributed by atoms with Gasteiger partial charge in [0, 0.05) is 37.3 Å². The number of rotatable bonds is 4. The van der Waals surface area contributed by atoms with E-state index in [0.29, 0.717) is 6.54 Å². The number of methoxy groups -OCH3 is 1. The van der Waals surface area contributed by atoms with Crippen LogP contribution in [0.15, 0.2) is 24.3 Å². The lowest BCUT2D eigenvalue weighted by Gasteiger charge is -2.19. The van der Waals surface area contributed by atoms with Crippen LogP contribution in [0.1, 0.15) is 24.8 Å². The van der Waals surface area contributed by atoms with Gasteiger partial charge in [0.1, 0.15) is 0 Å². The van der Waals surface area contributed by atoms with Gasteiger partial charge in [-0.1, -0.05) is 12.1 Å². The van der Waals surface area contributed by atoms with E-state index in [1.165, 1.54) is 18.4 Å². The smallest absolute Gasteiger partial charge is 0.324 e. The minimum atomic E-state index is 0.101. The Morgan fingerprint density at radius 2 is 2.05 bits per heavy atom. The van der Waals surface area contributed by atoms with E-state index >= 15 is 0 Å². The van der Waals surface area contributed by atoms with Crippen LogP contribution in [0.5, 0.6) is 0 Å². The molecular weight excluding hydrogens is 278 g/mol. The Bertz CT molecular complexity index is 582. The van der Waals surface area contributed by atoms with Crippen molar-refractivity contribution in [3.05, 3.63) is 29.8 Å². The van der Waals surface area contributed by atoms with Crippen LogP contribution in [0.25, 0.3) is 0 Å². The molecule has 0 spiro atoms. The fraction of sp³-hybridized carbons (Fsp3) is 0.588. The molecule has 3 aliphatic rings. The van der Waals surface area contributed by atoms with Gasteiger partial charge in [0.2, 0.25) is 0 Å². The lowest BCUT2D eigenvalue weighted by Crippen LogP contribution is -2.37. The van der Waals surface area contributed by atoms with Gasteiger partial charge in [0.05, 0.1) is 12.6 Å². The second kappa shape index (κ2) is 4.96. The molecule has 1 aliphatic carbocycles. The predicted molar refractivity (Wildman–Crippen MR) is 85.1 cm³/mol. The zero-order valence-corrected chi connectivity index (χ0v) is 13.0. The van der Waals surface area contributed by atoms with Crippen LogP contribution in [0.2, 0.25) is 0 Å².